The van der Waals surface area contributed by atoms with Crippen LogP contribution in [0.5, 0.6) is 0 Å². The molecule has 0 atom stereocenters. The Kier molecular flexibility index (Phi) is 2.17. The summed E-state index contributed by atoms with van der Waals surface area (Å²) in [5.41, 5.74) is 5.91. The molecule has 2 aromatic rings. The Morgan fingerprint density at radius 3 is 2.93 bits per heavy atom. The summed E-state index contributed by atoms with van der Waals surface area (Å²) in [5.74, 6) is 0.923. The number of H-pyrrole nitrogens is 1. The number of furan rings is 1. The van der Waals surface area contributed by atoms with Crippen molar-refractivity contribution in [3.63, 3.8) is 0 Å². The van der Waals surface area contributed by atoms with Crippen molar-refractivity contribution in [2.24, 2.45) is 0 Å². The molecule has 2 heterocycles. The molecule has 0 aromatic carbocycles. The molecule has 6 heteroatoms. The second-order valence-corrected chi connectivity index (χ2v) is 3.06. The number of amides is 1. The number of nitrogens with zero attached hydrogens (tertiary/aromatic N) is 1. The van der Waals surface area contributed by atoms with Gasteiger partial charge in [0.15, 0.2) is 11.6 Å². The average Bonchev–Trinajstić information content (AvgIpc) is 2.77. The molecule has 0 unspecified atom stereocenters. The molecule has 15 heavy (non-hydrogen) atoms. The van der Waals surface area contributed by atoms with Gasteiger partial charge in [-0.1, -0.05) is 0 Å². The lowest BCUT2D eigenvalue weighted by molar-refractivity contribution is 0.0995. The SMILES string of the molecule is Cc1ccc(C(=O)Nc2[nH]ncc2N)o1. The minimum atomic E-state index is -0.362. The van der Waals surface area contributed by atoms with Gasteiger partial charge in [-0.2, -0.15) is 5.10 Å². The summed E-state index contributed by atoms with van der Waals surface area (Å²) in [4.78, 5) is 11.6. The first kappa shape index (κ1) is 9.32. The van der Waals surface area contributed by atoms with E-state index in [-0.39, 0.29) is 11.7 Å². The molecule has 1 amide bonds. The Balaban J connectivity index is 2.14. The predicted molar refractivity (Wildman–Crippen MR) is 54.4 cm³/mol. The van der Waals surface area contributed by atoms with E-state index in [9.17, 15) is 4.79 Å². The van der Waals surface area contributed by atoms with Crippen LogP contribution in [0.25, 0.3) is 0 Å². The highest BCUT2D eigenvalue weighted by Crippen LogP contribution is 2.14. The molecule has 0 aliphatic heterocycles. The summed E-state index contributed by atoms with van der Waals surface area (Å²) >= 11 is 0. The van der Waals surface area contributed by atoms with Crippen LogP contribution in [-0.2, 0) is 0 Å². The first-order valence-corrected chi connectivity index (χ1v) is 4.33. The van der Waals surface area contributed by atoms with Gasteiger partial charge in [-0.25, -0.2) is 0 Å². The molecule has 2 aromatic heterocycles. The second kappa shape index (κ2) is 3.49. The maximum Gasteiger partial charge on any atom is 0.292 e. The monoisotopic (exact) mass is 206 g/mol. The molecule has 0 fully saturated rings. The van der Waals surface area contributed by atoms with Crippen molar-refractivity contribution in [2.45, 2.75) is 6.92 Å². The molecule has 0 spiro atoms. The van der Waals surface area contributed by atoms with E-state index in [1.165, 1.54) is 6.20 Å². The summed E-state index contributed by atoms with van der Waals surface area (Å²) in [6, 6.07) is 3.31. The number of hydrogen-bond donors (Lipinski definition) is 3. The molecule has 2 rings (SSSR count). The van der Waals surface area contributed by atoms with E-state index in [1.54, 1.807) is 19.1 Å². The number of hydrogen-bond acceptors (Lipinski definition) is 4. The summed E-state index contributed by atoms with van der Waals surface area (Å²) in [7, 11) is 0. The van der Waals surface area contributed by atoms with Crippen molar-refractivity contribution < 1.29 is 9.21 Å². The van der Waals surface area contributed by atoms with Gasteiger partial charge in [0.25, 0.3) is 5.91 Å². The van der Waals surface area contributed by atoms with E-state index in [0.29, 0.717) is 17.3 Å². The quantitative estimate of drug-likeness (QED) is 0.686. The van der Waals surface area contributed by atoms with E-state index in [4.69, 9.17) is 10.2 Å². The van der Waals surface area contributed by atoms with Gasteiger partial charge in [0.05, 0.1) is 11.9 Å². The minimum Gasteiger partial charge on any atom is -0.456 e. The molecule has 0 aliphatic carbocycles. The van der Waals surface area contributed by atoms with Gasteiger partial charge in [0, 0.05) is 0 Å². The molecular weight excluding hydrogens is 196 g/mol. The third kappa shape index (κ3) is 1.83. The molecule has 0 saturated heterocycles. The molecule has 0 saturated carbocycles. The van der Waals surface area contributed by atoms with E-state index in [1.807, 2.05) is 0 Å². The Bertz CT molecular complexity index is 486. The number of aromatic amines is 1. The Morgan fingerprint density at radius 1 is 1.60 bits per heavy atom. The van der Waals surface area contributed by atoms with E-state index < -0.39 is 0 Å². The maximum absolute atomic E-state index is 11.6. The lowest BCUT2D eigenvalue weighted by atomic mass is 10.4. The van der Waals surface area contributed by atoms with Crippen molar-refractivity contribution in [2.75, 3.05) is 11.1 Å². The van der Waals surface area contributed by atoms with Crippen molar-refractivity contribution in [3.05, 3.63) is 29.9 Å². The highest BCUT2D eigenvalue weighted by atomic mass is 16.3. The molecule has 0 bridgehead atoms. The first-order valence-electron chi connectivity index (χ1n) is 4.33. The van der Waals surface area contributed by atoms with Crippen LogP contribution < -0.4 is 11.1 Å². The Morgan fingerprint density at radius 2 is 2.40 bits per heavy atom. The van der Waals surface area contributed by atoms with Crippen LogP contribution in [0.3, 0.4) is 0 Å². The fourth-order valence-corrected chi connectivity index (χ4v) is 1.13. The zero-order valence-corrected chi connectivity index (χ0v) is 8.07. The van der Waals surface area contributed by atoms with Gasteiger partial charge in [-0.05, 0) is 19.1 Å². The average molecular weight is 206 g/mol. The maximum atomic E-state index is 11.6. The molecule has 78 valence electrons. The van der Waals surface area contributed by atoms with E-state index >= 15 is 0 Å². The number of rotatable bonds is 2. The molecule has 0 radical (unpaired) electrons. The number of aryl methyl sites for hydroxylation is 1. The fraction of sp³-hybridized carbons (Fsp3) is 0.111. The van der Waals surface area contributed by atoms with Gasteiger partial charge >= 0.3 is 0 Å². The van der Waals surface area contributed by atoms with Gasteiger partial charge in [0.2, 0.25) is 0 Å². The zero-order valence-electron chi connectivity index (χ0n) is 8.07. The lowest BCUT2D eigenvalue weighted by Crippen LogP contribution is -2.12. The summed E-state index contributed by atoms with van der Waals surface area (Å²) in [6.07, 6.45) is 1.42. The highest BCUT2D eigenvalue weighted by Gasteiger charge is 2.12. The number of carbonyl (C=O) groups is 1. The van der Waals surface area contributed by atoms with Crippen LogP contribution in [0.2, 0.25) is 0 Å². The summed E-state index contributed by atoms with van der Waals surface area (Å²) in [5, 5.41) is 8.79. The lowest BCUT2D eigenvalue weighted by Gasteiger charge is -2.00. The van der Waals surface area contributed by atoms with Crippen LogP contribution in [0.1, 0.15) is 16.3 Å². The number of nitrogens with two attached hydrogens (primary N) is 1. The van der Waals surface area contributed by atoms with Crippen LogP contribution in [0.4, 0.5) is 11.5 Å². The van der Waals surface area contributed by atoms with E-state index in [0.717, 1.165) is 0 Å². The Hall–Kier alpha value is -2.24. The smallest absolute Gasteiger partial charge is 0.292 e. The van der Waals surface area contributed by atoms with Crippen molar-refractivity contribution >= 4 is 17.4 Å². The van der Waals surface area contributed by atoms with Crippen LogP contribution >= 0.6 is 0 Å². The molecule has 0 aliphatic rings. The van der Waals surface area contributed by atoms with Crippen molar-refractivity contribution in [1.82, 2.24) is 10.2 Å². The van der Waals surface area contributed by atoms with Crippen LogP contribution in [-0.4, -0.2) is 16.1 Å². The third-order valence-electron chi connectivity index (χ3n) is 1.87. The second-order valence-electron chi connectivity index (χ2n) is 3.06. The van der Waals surface area contributed by atoms with Gasteiger partial charge in [-0.15, -0.1) is 0 Å². The topological polar surface area (TPSA) is 96.9 Å². The number of nitrogen functional groups attached to an aromatic ring is 1. The predicted octanol–water partition coefficient (Wildman–Crippen LogP) is 1.15. The van der Waals surface area contributed by atoms with Gasteiger partial charge < -0.3 is 15.5 Å². The number of nitrogens with one attached hydrogen (secondary N) is 2. The molecule has 4 N–H and O–H groups in total. The van der Waals surface area contributed by atoms with Crippen molar-refractivity contribution in [3.8, 4) is 0 Å². The van der Waals surface area contributed by atoms with E-state index in [2.05, 4.69) is 15.5 Å². The normalized spacial score (nSPS) is 10.2. The number of aromatic nitrogens is 2. The molecule has 6 nitrogen and oxygen atoms in total. The standard InChI is InChI=1S/C9H10N4O2/c1-5-2-3-7(15-5)9(14)12-8-6(10)4-11-13-8/h2-4H,10H2,1H3,(H2,11,12,13,14). The Labute approximate surface area is 85.5 Å². The molecular formula is C9H10N4O2. The largest absolute Gasteiger partial charge is 0.456 e. The number of anilines is 2. The zero-order chi connectivity index (χ0) is 10.8. The van der Waals surface area contributed by atoms with Crippen LogP contribution in [0, 0.1) is 6.92 Å². The minimum absolute atomic E-state index is 0.238. The van der Waals surface area contributed by atoms with Crippen LogP contribution in [0.15, 0.2) is 22.7 Å². The van der Waals surface area contributed by atoms with Crippen molar-refractivity contribution in [1.29, 1.82) is 0 Å². The highest BCUT2D eigenvalue weighted by molar-refractivity contribution is 6.03. The third-order valence-corrected chi connectivity index (χ3v) is 1.87. The van der Waals surface area contributed by atoms with Gasteiger partial charge in [-0.3, -0.25) is 9.89 Å². The fourth-order valence-electron chi connectivity index (χ4n) is 1.13. The van der Waals surface area contributed by atoms with Gasteiger partial charge in [0.1, 0.15) is 5.76 Å². The summed E-state index contributed by atoms with van der Waals surface area (Å²) in [6.45, 7) is 1.77. The summed E-state index contributed by atoms with van der Waals surface area (Å²) < 4.78 is 5.15. The number of carbonyl (C=O) groups excluding carboxylic acids is 1. The first-order chi connectivity index (χ1) is 7.16.